The Morgan fingerprint density at radius 3 is 3.00 bits per heavy atom. The van der Waals surface area contributed by atoms with E-state index in [9.17, 15) is 0 Å². The van der Waals surface area contributed by atoms with Crippen LogP contribution in [0.1, 0.15) is 25.8 Å². The summed E-state index contributed by atoms with van der Waals surface area (Å²) >= 11 is 0. The number of nitrogens with zero attached hydrogens (tertiary/aromatic N) is 3. The molecule has 4 heteroatoms. The van der Waals surface area contributed by atoms with Gasteiger partial charge in [0.1, 0.15) is 12.1 Å². The molecule has 1 aliphatic rings. The lowest BCUT2D eigenvalue weighted by molar-refractivity contribution is -0.0442. The average molecular weight is 271 g/mol. The normalized spacial score (nSPS) is 23.2. The Balaban J connectivity index is 2.06. The first kappa shape index (κ1) is 13.3. The quantitative estimate of drug-likeness (QED) is 0.841. The minimum atomic E-state index is -0.0851. The van der Waals surface area contributed by atoms with E-state index in [0.29, 0.717) is 0 Å². The summed E-state index contributed by atoms with van der Waals surface area (Å²) in [5.74, 6) is 1.04. The third kappa shape index (κ3) is 2.24. The molecule has 1 aromatic heterocycles. The van der Waals surface area contributed by atoms with E-state index in [1.54, 1.807) is 6.33 Å². The maximum atomic E-state index is 5.92. The summed E-state index contributed by atoms with van der Waals surface area (Å²) in [7, 11) is 0. The van der Waals surface area contributed by atoms with Crippen molar-refractivity contribution >= 4 is 16.7 Å². The Morgan fingerprint density at radius 2 is 2.20 bits per heavy atom. The molecule has 0 N–H and O–H groups in total. The first-order valence-electron chi connectivity index (χ1n) is 7.22. The molecule has 3 rings (SSSR count). The van der Waals surface area contributed by atoms with Crippen molar-refractivity contribution in [1.29, 1.82) is 0 Å². The largest absolute Gasteiger partial charge is 0.372 e. The lowest BCUT2D eigenvalue weighted by atomic mass is 10.0. The van der Waals surface area contributed by atoms with Crippen molar-refractivity contribution in [2.75, 3.05) is 24.6 Å². The highest BCUT2D eigenvalue weighted by Crippen LogP contribution is 2.30. The number of aryl methyl sites for hydroxylation is 1. The minimum Gasteiger partial charge on any atom is -0.372 e. The number of rotatable bonds is 2. The van der Waals surface area contributed by atoms with Gasteiger partial charge in [-0.2, -0.15) is 0 Å². The number of hydrogen-bond acceptors (Lipinski definition) is 4. The van der Waals surface area contributed by atoms with Gasteiger partial charge in [0, 0.05) is 18.5 Å². The summed E-state index contributed by atoms with van der Waals surface area (Å²) in [4.78, 5) is 11.3. The number of morpholine rings is 1. The van der Waals surface area contributed by atoms with Gasteiger partial charge in [-0.05, 0) is 31.9 Å². The van der Waals surface area contributed by atoms with Crippen molar-refractivity contribution in [2.45, 2.75) is 32.8 Å². The van der Waals surface area contributed by atoms with E-state index < -0.39 is 0 Å². The Bertz CT molecular complexity index is 623. The van der Waals surface area contributed by atoms with Gasteiger partial charge in [0.2, 0.25) is 0 Å². The predicted octanol–water partition coefficient (Wildman–Crippen LogP) is 2.94. The highest BCUT2D eigenvalue weighted by atomic mass is 16.5. The van der Waals surface area contributed by atoms with Crippen LogP contribution in [0.15, 0.2) is 24.5 Å². The van der Waals surface area contributed by atoms with Crippen LogP contribution in [0.3, 0.4) is 0 Å². The smallest absolute Gasteiger partial charge is 0.140 e. The zero-order valence-corrected chi connectivity index (χ0v) is 12.4. The van der Waals surface area contributed by atoms with Crippen LogP contribution >= 0.6 is 0 Å². The van der Waals surface area contributed by atoms with Crippen molar-refractivity contribution < 1.29 is 4.74 Å². The highest BCUT2D eigenvalue weighted by molar-refractivity contribution is 5.92. The molecule has 0 spiro atoms. The topological polar surface area (TPSA) is 38.2 Å². The third-order valence-electron chi connectivity index (χ3n) is 4.24. The lowest BCUT2D eigenvalue weighted by Gasteiger charge is -2.41. The fourth-order valence-corrected chi connectivity index (χ4v) is 2.83. The van der Waals surface area contributed by atoms with Crippen molar-refractivity contribution in [2.24, 2.45) is 0 Å². The van der Waals surface area contributed by atoms with E-state index in [-0.39, 0.29) is 5.60 Å². The zero-order chi connectivity index (χ0) is 14.2. The molecule has 0 amide bonds. The van der Waals surface area contributed by atoms with Crippen LogP contribution in [0.2, 0.25) is 0 Å². The van der Waals surface area contributed by atoms with Crippen LogP contribution in [0.25, 0.3) is 10.9 Å². The first-order chi connectivity index (χ1) is 9.63. The monoisotopic (exact) mass is 271 g/mol. The van der Waals surface area contributed by atoms with Gasteiger partial charge in [-0.1, -0.05) is 19.1 Å². The Hall–Kier alpha value is -1.68. The van der Waals surface area contributed by atoms with Crippen molar-refractivity contribution in [1.82, 2.24) is 9.97 Å². The van der Waals surface area contributed by atoms with Gasteiger partial charge in [0.15, 0.2) is 0 Å². The molecule has 0 bridgehead atoms. The number of ether oxygens (including phenoxy) is 1. The number of anilines is 1. The molecule has 2 aromatic rings. The minimum absolute atomic E-state index is 0.0851. The highest BCUT2D eigenvalue weighted by Gasteiger charge is 2.31. The van der Waals surface area contributed by atoms with E-state index in [0.717, 1.165) is 42.8 Å². The summed E-state index contributed by atoms with van der Waals surface area (Å²) in [5.41, 5.74) is 2.15. The summed E-state index contributed by atoms with van der Waals surface area (Å²) in [5, 5.41) is 1.16. The molecule has 0 aliphatic carbocycles. The van der Waals surface area contributed by atoms with Crippen molar-refractivity contribution in [3.8, 4) is 0 Å². The maximum Gasteiger partial charge on any atom is 0.140 e. The van der Waals surface area contributed by atoms with Gasteiger partial charge in [-0.15, -0.1) is 0 Å². The molecule has 1 saturated heterocycles. The van der Waals surface area contributed by atoms with Crippen LogP contribution in [-0.4, -0.2) is 35.3 Å². The number of benzene rings is 1. The third-order valence-corrected chi connectivity index (χ3v) is 4.24. The number of hydrogen-bond donors (Lipinski definition) is 0. The van der Waals surface area contributed by atoms with E-state index in [4.69, 9.17) is 4.74 Å². The van der Waals surface area contributed by atoms with Gasteiger partial charge in [-0.25, -0.2) is 9.97 Å². The second-order valence-corrected chi connectivity index (χ2v) is 5.74. The molecular weight excluding hydrogens is 250 g/mol. The number of aromatic nitrogens is 2. The molecule has 1 unspecified atom stereocenters. The molecule has 0 saturated carbocycles. The first-order valence-corrected chi connectivity index (χ1v) is 7.22. The molecule has 20 heavy (non-hydrogen) atoms. The second kappa shape index (κ2) is 5.02. The van der Waals surface area contributed by atoms with E-state index in [1.807, 2.05) is 12.1 Å². The van der Waals surface area contributed by atoms with Crippen molar-refractivity contribution in [3.63, 3.8) is 0 Å². The van der Waals surface area contributed by atoms with Crippen LogP contribution in [-0.2, 0) is 4.74 Å². The summed E-state index contributed by atoms with van der Waals surface area (Å²) in [6.45, 7) is 8.98. The van der Waals surface area contributed by atoms with Gasteiger partial charge in [0.25, 0.3) is 0 Å². The van der Waals surface area contributed by atoms with E-state index in [1.165, 1.54) is 5.56 Å². The zero-order valence-electron chi connectivity index (χ0n) is 12.4. The van der Waals surface area contributed by atoms with Crippen LogP contribution in [0.5, 0.6) is 0 Å². The molecule has 4 nitrogen and oxygen atoms in total. The van der Waals surface area contributed by atoms with Gasteiger partial charge >= 0.3 is 0 Å². The van der Waals surface area contributed by atoms with E-state index in [2.05, 4.69) is 41.7 Å². The van der Waals surface area contributed by atoms with Crippen molar-refractivity contribution in [3.05, 3.63) is 30.1 Å². The van der Waals surface area contributed by atoms with Gasteiger partial charge in [0.05, 0.1) is 17.7 Å². The van der Waals surface area contributed by atoms with Gasteiger partial charge in [-0.3, -0.25) is 0 Å². The molecule has 2 heterocycles. The molecule has 1 aliphatic heterocycles. The molecule has 106 valence electrons. The van der Waals surface area contributed by atoms with Crippen LogP contribution in [0.4, 0.5) is 5.82 Å². The Labute approximate surface area is 119 Å². The number of fused-ring (bicyclic) bond motifs is 1. The summed E-state index contributed by atoms with van der Waals surface area (Å²) < 4.78 is 5.92. The second-order valence-electron chi connectivity index (χ2n) is 5.74. The Kier molecular flexibility index (Phi) is 3.34. The molecule has 1 atom stereocenters. The Morgan fingerprint density at radius 1 is 1.35 bits per heavy atom. The summed E-state index contributed by atoms with van der Waals surface area (Å²) in [6, 6.07) is 6.21. The summed E-state index contributed by atoms with van der Waals surface area (Å²) in [6.07, 6.45) is 2.67. The maximum absolute atomic E-state index is 5.92. The van der Waals surface area contributed by atoms with Gasteiger partial charge < -0.3 is 9.64 Å². The average Bonchev–Trinajstić information content (AvgIpc) is 2.47. The molecular formula is C16H21N3O. The predicted molar refractivity (Wildman–Crippen MR) is 81.1 cm³/mol. The fourth-order valence-electron chi connectivity index (χ4n) is 2.83. The molecule has 1 fully saturated rings. The van der Waals surface area contributed by atoms with E-state index >= 15 is 0 Å². The van der Waals surface area contributed by atoms with Crippen LogP contribution < -0.4 is 4.90 Å². The van der Waals surface area contributed by atoms with Crippen LogP contribution in [0, 0.1) is 6.92 Å². The molecule has 1 aromatic carbocycles. The standard InChI is InChI=1S/C16H21N3O/c1-4-16(3)10-19(8-9-20-16)15-14-12(2)6-5-7-13(14)17-11-18-15/h5-7,11H,4,8-10H2,1-3H3. The lowest BCUT2D eigenvalue weighted by Crippen LogP contribution is -2.50. The molecule has 0 radical (unpaired) electrons. The fraction of sp³-hybridized carbons (Fsp3) is 0.500. The SMILES string of the molecule is CCC1(C)CN(c2ncnc3cccc(C)c23)CCO1.